The molecular weight excluding hydrogens is 430 g/mol. The zero-order chi connectivity index (χ0) is 23.1. The van der Waals surface area contributed by atoms with E-state index in [9.17, 15) is 14.4 Å². The van der Waals surface area contributed by atoms with Crippen LogP contribution >= 0.6 is 11.6 Å². The van der Waals surface area contributed by atoms with E-state index in [1.54, 1.807) is 5.01 Å². The lowest BCUT2D eigenvalue weighted by Crippen LogP contribution is -2.42. The van der Waals surface area contributed by atoms with Crippen LogP contribution in [0.4, 0.5) is 5.69 Å². The maximum absolute atomic E-state index is 12.7. The van der Waals surface area contributed by atoms with E-state index in [0.29, 0.717) is 18.8 Å². The van der Waals surface area contributed by atoms with Crippen molar-refractivity contribution in [3.8, 4) is 5.75 Å². The molecule has 1 amide bonds. The summed E-state index contributed by atoms with van der Waals surface area (Å²) in [6.07, 6.45) is 0. The van der Waals surface area contributed by atoms with Gasteiger partial charge in [0.2, 0.25) is 0 Å². The van der Waals surface area contributed by atoms with Crippen molar-refractivity contribution in [3.63, 3.8) is 0 Å². The van der Waals surface area contributed by atoms with Gasteiger partial charge in [0.1, 0.15) is 18.2 Å². The Balaban J connectivity index is 2.56. The number of halogens is 1. The van der Waals surface area contributed by atoms with Crippen molar-refractivity contribution < 1.29 is 33.3 Å². The summed E-state index contributed by atoms with van der Waals surface area (Å²) in [6.45, 7) is 4.84. The predicted octanol–water partition coefficient (Wildman–Crippen LogP) is 1.73. The molecule has 0 spiro atoms. The number of methoxy groups -OCH3 is 3. The van der Waals surface area contributed by atoms with Crippen LogP contribution in [0.25, 0.3) is 0 Å². The largest absolute Gasteiger partial charge is 0.496 e. The molecule has 1 aromatic carbocycles. The summed E-state index contributed by atoms with van der Waals surface area (Å²) in [6, 6.07) is 2.92. The van der Waals surface area contributed by atoms with E-state index in [1.807, 2.05) is 13.8 Å². The van der Waals surface area contributed by atoms with Gasteiger partial charge in [0.05, 0.1) is 49.8 Å². The van der Waals surface area contributed by atoms with Crippen LogP contribution < -0.4 is 15.1 Å². The number of hydrazine groups is 1. The van der Waals surface area contributed by atoms with Crippen molar-refractivity contribution in [1.29, 1.82) is 0 Å². The first-order chi connectivity index (χ1) is 14.8. The van der Waals surface area contributed by atoms with Crippen LogP contribution in [0.5, 0.6) is 5.75 Å². The van der Waals surface area contributed by atoms with Crippen molar-refractivity contribution in [1.82, 2.24) is 10.4 Å². The van der Waals surface area contributed by atoms with Gasteiger partial charge in [-0.3, -0.25) is 10.2 Å². The minimum absolute atomic E-state index is 0.0148. The molecule has 1 heterocycles. The summed E-state index contributed by atoms with van der Waals surface area (Å²) < 4.78 is 20.5. The standard InChI is InChI=1S/C20H26ClN3O7/c1-6-23(7-2)22-18(25)12-8-14(21)15(9-16(12)28-3)24-11-31-10-13(19(26)29-4)17(24)20(27)30-5/h8-9H,6-7,10-11H2,1-5H3,(H,22,25). The monoisotopic (exact) mass is 455 g/mol. The van der Waals surface area contributed by atoms with Gasteiger partial charge in [-0.05, 0) is 6.07 Å². The number of hydrogen-bond donors (Lipinski definition) is 1. The van der Waals surface area contributed by atoms with E-state index in [0.717, 1.165) is 0 Å². The van der Waals surface area contributed by atoms with Gasteiger partial charge in [-0.15, -0.1) is 0 Å². The number of rotatable bonds is 8. The van der Waals surface area contributed by atoms with Crippen LogP contribution in [0.2, 0.25) is 5.02 Å². The Bertz CT molecular complexity index is 884. The third-order valence-electron chi connectivity index (χ3n) is 4.66. The second kappa shape index (κ2) is 11.0. The van der Waals surface area contributed by atoms with Gasteiger partial charge in [-0.25, -0.2) is 14.6 Å². The molecule has 0 unspecified atom stereocenters. The predicted molar refractivity (Wildman–Crippen MR) is 113 cm³/mol. The molecule has 1 aliphatic heterocycles. The fraction of sp³-hybridized carbons (Fsp3) is 0.450. The summed E-state index contributed by atoms with van der Waals surface area (Å²) >= 11 is 6.48. The van der Waals surface area contributed by atoms with Crippen LogP contribution in [-0.2, 0) is 23.8 Å². The SMILES string of the molecule is CCN(CC)NC(=O)c1cc(Cl)c(N2COCC(C(=O)OC)=C2C(=O)OC)cc1OC. The number of carbonyl (C=O) groups excluding carboxylic acids is 3. The molecule has 10 nitrogen and oxygen atoms in total. The average molecular weight is 456 g/mol. The van der Waals surface area contributed by atoms with Crippen molar-refractivity contribution in [2.75, 3.05) is 52.7 Å². The second-order valence-corrected chi connectivity index (χ2v) is 6.74. The van der Waals surface area contributed by atoms with Gasteiger partial charge in [0, 0.05) is 19.2 Å². The fourth-order valence-corrected chi connectivity index (χ4v) is 3.28. The number of ether oxygens (including phenoxy) is 4. The summed E-state index contributed by atoms with van der Waals surface area (Å²) in [5.41, 5.74) is 3.19. The molecule has 0 aliphatic carbocycles. The molecule has 0 atom stereocenters. The molecule has 0 fully saturated rings. The molecule has 2 rings (SSSR count). The van der Waals surface area contributed by atoms with Gasteiger partial charge < -0.3 is 23.8 Å². The lowest BCUT2D eigenvalue weighted by Gasteiger charge is -2.32. The highest BCUT2D eigenvalue weighted by atomic mass is 35.5. The third kappa shape index (κ3) is 5.27. The molecule has 11 heteroatoms. The molecule has 1 aromatic rings. The zero-order valence-electron chi connectivity index (χ0n) is 18.1. The third-order valence-corrected chi connectivity index (χ3v) is 4.96. The van der Waals surface area contributed by atoms with Crippen LogP contribution in [0.3, 0.4) is 0 Å². The second-order valence-electron chi connectivity index (χ2n) is 6.33. The van der Waals surface area contributed by atoms with Gasteiger partial charge in [-0.1, -0.05) is 25.4 Å². The number of anilines is 1. The lowest BCUT2D eigenvalue weighted by molar-refractivity contribution is -0.140. The molecule has 31 heavy (non-hydrogen) atoms. The van der Waals surface area contributed by atoms with E-state index < -0.39 is 17.8 Å². The summed E-state index contributed by atoms with van der Waals surface area (Å²) in [5, 5.41) is 1.87. The first-order valence-corrected chi connectivity index (χ1v) is 9.89. The Kier molecular flexibility index (Phi) is 8.66. The van der Waals surface area contributed by atoms with Crippen molar-refractivity contribution in [3.05, 3.63) is 34.0 Å². The number of amides is 1. The Labute approximate surface area is 185 Å². The van der Waals surface area contributed by atoms with Crippen molar-refractivity contribution >= 4 is 35.1 Å². The highest BCUT2D eigenvalue weighted by Gasteiger charge is 2.34. The average Bonchev–Trinajstić information content (AvgIpc) is 2.80. The van der Waals surface area contributed by atoms with Crippen LogP contribution in [0, 0.1) is 0 Å². The summed E-state index contributed by atoms with van der Waals surface area (Å²) in [7, 11) is 3.80. The molecular formula is C20H26ClN3O7. The van der Waals surface area contributed by atoms with E-state index in [1.165, 1.54) is 38.4 Å². The Morgan fingerprint density at radius 2 is 1.77 bits per heavy atom. The highest BCUT2D eigenvalue weighted by Crippen LogP contribution is 2.37. The summed E-state index contributed by atoms with van der Waals surface area (Å²) in [4.78, 5) is 38.7. The van der Waals surface area contributed by atoms with Gasteiger partial charge in [-0.2, -0.15) is 0 Å². The zero-order valence-corrected chi connectivity index (χ0v) is 18.9. The smallest absolute Gasteiger partial charge is 0.355 e. The van der Waals surface area contributed by atoms with Crippen LogP contribution in [0.1, 0.15) is 24.2 Å². The molecule has 0 aromatic heterocycles. The minimum atomic E-state index is -0.762. The lowest BCUT2D eigenvalue weighted by atomic mass is 10.1. The quantitative estimate of drug-likeness (QED) is 0.463. The van der Waals surface area contributed by atoms with Gasteiger partial charge >= 0.3 is 11.9 Å². The first kappa shape index (κ1) is 24.4. The number of carbonyl (C=O) groups is 3. The first-order valence-electron chi connectivity index (χ1n) is 9.51. The van der Waals surface area contributed by atoms with Crippen molar-refractivity contribution in [2.24, 2.45) is 0 Å². The maximum atomic E-state index is 12.7. The molecule has 1 aliphatic rings. The Morgan fingerprint density at radius 3 is 2.32 bits per heavy atom. The Morgan fingerprint density at radius 1 is 1.13 bits per heavy atom. The van der Waals surface area contributed by atoms with Gasteiger partial charge in [0.25, 0.3) is 5.91 Å². The minimum Gasteiger partial charge on any atom is -0.496 e. The maximum Gasteiger partial charge on any atom is 0.355 e. The molecule has 170 valence electrons. The fourth-order valence-electron chi connectivity index (χ4n) is 3.02. The highest BCUT2D eigenvalue weighted by molar-refractivity contribution is 6.34. The molecule has 0 bridgehead atoms. The molecule has 0 radical (unpaired) electrons. The normalized spacial score (nSPS) is 13.8. The number of benzene rings is 1. The topological polar surface area (TPSA) is 107 Å². The number of esters is 2. The van der Waals surface area contributed by atoms with Gasteiger partial charge in [0.15, 0.2) is 0 Å². The number of nitrogens with one attached hydrogen (secondary N) is 1. The van der Waals surface area contributed by atoms with E-state index >= 15 is 0 Å². The molecule has 1 N–H and O–H groups in total. The van der Waals surface area contributed by atoms with E-state index in [-0.39, 0.29) is 40.9 Å². The van der Waals surface area contributed by atoms with Crippen LogP contribution in [-0.4, -0.2) is 70.6 Å². The number of hydrogen-bond acceptors (Lipinski definition) is 9. The van der Waals surface area contributed by atoms with Crippen LogP contribution in [0.15, 0.2) is 23.4 Å². The molecule has 0 saturated carbocycles. The number of nitrogens with zero attached hydrogens (tertiary/aromatic N) is 2. The molecule has 0 saturated heterocycles. The summed E-state index contributed by atoms with van der Waals surface area (Å²) in [5.74, 6) is -1.67. The van der Waals surface area contributed by atoms with E-state index in [4.69, 9.17) is 30.5 Å². The van der Waals surface area contributed by atoms with Crippen molar-refractivity contribution in [2.45, 2.75) is 13.8 Å². The van der Waals surface area contributed by atoms with E-state index in [2.05, 4.69) is 5.43 Å². The Hall–Kier alpha value is -2.82.